The minimum atomic E-state index is 0.903. The van der Waals surface area contributed by atoms with Gasteiger partial charge in [0.2, 0.25) is 0 Å². The van der Waals surface area contributed by atoms with E-state index in [1.807, 2.05) is 0 Å². The third-order valence-corrected chi connectivity index (χ3v) is 4.85. The smallest absolute Gasteiger partial charge is 0.0162 e. The van der Waals surface area contributed by atoms with Gasteiger partial charge in [0.1, 0.15) is 0 Å². The third kappa shape index (κ3) is 0.189. The van der Waals surface area contributed by atoms with Gasteiger partial charge in [-0.05, 0) is 41.9 Å². The molecule has 0 nitrogen and oxygen atoms in total. The molecule has 0 aromatic rings. The second-order valence-corrected chi connectivity index (χ2v) is 4.31. The van der Waals surface area contributed by atoms with Crippen LogP contribution in [0.1, 0.15) is 39.5 Å². The molecule has 0 atom stereocenters. The molecule has 0 aliphatic heterocycles. The van der Waals surface area contributed by atoms with Crippen molar-refractivity contribution in [1.82, 2.24) is 0 Å². The molecule has 0 amide bonds. The van der Waals surface area contributed by atoms with Crippen LogP contribution < -0.4 is 0 Å². The first kappa shape index (κ1) is 4.76. The maximum atomic E-state index is 2.37. The lowest BCUT2D eigenvalue weighted by Crippen LogP contribution is -2.26. The summed E-state index contributed by atoms with van der Waals surface area (Å²) in [6.45, 7) is 4.75. The summed E-state index contributed by atoms with van der Waals surface area (Å²) in [6.07, 6.45) is 6.15. The molecular weight excluding hydrogens is 108 g/mol. The quantitative estimate of drug-likeness (QED) is 0.528. The molecule has 0 radical (unpaired) electrons. The molecule has 3 rings (SSSR count). The van der Waals surface area contributed by atoms with Gasteiger partial charge in [0.25, 0.3) is 0 Å². The summed E-state index contributed by atoms with van der Waals surface area (Å²) in [5.74, 6) is 0. The van der Waals surface area contributed by atoms with Gasteiger partial charge in [-0.1, -0.05) is 13.8 Å². The van der Waals surface area contributed by atoms with Gasteiger partial charge in [-0.25, -0.2) is 0 Å². The molecule has 3 aliphatic carbocycles. The molecule has 50 valence electrons. The topological polar surface area (TPSA) is 0 Å². The first-order chi connectivity index (χ1) is 4.29. The fourth-order valence-electron chi connectivity index (χ4n) is 3.97. The molecule has 0 saturated heterocycles. The van der Waals surface area contributed by atoms with Gasteiger partial charge in [-0.15, -0.1) is 0 Å². The Balaban J connectivity index is 1.94. The number of rotatable bonds is 2. The van der Waals surface area contributed by atoms with Crippen molar-refractivity contribution in [2.75, 3.05) is 0 Å². The molecule has 0 heteroatoms. The highest BCUT2D eigenvalue weighted by atomic mass is 15.1. The van der Waals surface area contributed by atoms with Crippen molar-refractivity contribution in [1.29, 1.82) is 0 Å². The molecule has 0 heterocycles. The number of hydrogen-bond donors (Lipinski definition) is 0. The summed E-state index contributed by atoms with van der Waals surface area (Å²) in [4.78, 5) is 0. The lowest BCUT2D eigenvalue weighted by Gasteiger charge is -2.35. The standard InChI is InChI=1S/C9H14/c1-3-7(4-2)8-5-9(7,8)6-8/h3-6H2,1-2H3. The maximum absolute atomic E-state index is 2.37. The van der Waals surface area contributed by atoms with E-state index in [9.17, 15) is 0 Å². The maximum Gasteiger partial charge on any atom is -0.0162 e. The normalized spacial score (nSPS) is 62.0. The van der Waals surface area contributed by atoms with Crippen molar-refractivity contribution in [2.45, 2.75) is 39.5 Å². The lowest BCUT2D eigenvalue weighted by molar-refractivity contribution is 0.145. The van der Waals surface area contributed by atoms with E-state index < -0.39 is 0 Å². The Morgan fingerprint density at radius 2 is 1.44 bits per heavy atom. The van der Waals surface area contributed by atoms with Crippen molar-refractivity contribution in [3.05, 3.63) is 0 Å². The lowest BCUT2D eigenvalue weighted by atomic mass is 9.69. The molecular formula is C9H14. The molecule has 3 fully saturated rings. The molecule has 3 saturated carbocycles. The first-order valence-electron chi connectivity index (χ1n) is 4.29. The average molecular weight is 122 g/mol. The zero-order valence-electron chi connectivity index (χ0n) is 6.33. The highest BCUT2D eigenvalue weighted by Gasteiger charge is 3.10. The Hall–Kier alpha value is 0. The minimum Gasteiger partial charge on any atom is -0.0648 e. The molecule has 3 aliphatic rings. The SMILES string of the molecule is CCC1(CC)C23CC12C3. The molecule has 0 bridgehead atoms. The Morgan fingerprint density at radius 3 is 1.44 bits per heavy atom. The van der Waals surface area contributed by atoms with E-state index in [0.29, 0.717) is 0 Å². The van der Waals surface area contributed by atoms with Crippen LogP contribution in [0.15, 0.2) is 0 Å². The number of hydrogen-bond acceptors (Lipinski definition) is 0. The molecule has 0 spiro atoms. The summed E-state index contributed by atoms with van der Waals surface area (Å²) >= 11 is 0. The van der Waals surface area contributed by atoms with Crippen LogP contribution in [0.3, 0.4) is 0 Å². The highest BCUT2D eigenvalue weighted by molar-refractivity contribution is 5.57. The van der Waals surface area contributed by atoms with Gasteiger partial charge in [0, 0.05) is 0 Å². The summed E-state index contributed by atoms with van der Waals surface area (Å²) in [7, 11) is 0. The molecule has 9 heavy (non-hydrogen) atoms. The van der Waals surface area contributed by atoms with Crippen molar-refractivity contribution in [2.24, 2.45) is 16.2 Å². The van der Waals surface area contributed by atoms with Gasteiger partial charge >= 0.3 is 0 Å². The van der Waals surface area contributed by atoms with Crippen LogP contribution in [0.4, 0.5) is 0 Å². The van der Waals surface area contributed by atoms with E-state index in [4.69, 9.17) is 0 Å². The predicted molar refractivity (Wildman–Crippen MR) is 37.1 cm³/mol. The van der Waals surface area contributed by atoms with Gasteiger partial charge < -0.3 is 0 Å². The fourth-order valence-corrected chi connectivity index (χ4v) is 3.97. The summed E-state index contributed by atoms with van der Waals surface area (Å²) in [6, 6.07) is 0. The van der Waals surface area contributed by atoms with Crippen LogP contribution in [0, 0.1) is 16.2 Å². The second-order valence-electron chi connectivity index (χ2n) is 4.31. The largest absolute Gasteiger partial charge is 0.0648 e. The van der Waals surface area contributed by atoms with Crippen molar-refractivity contribution in [3.63, 3.8) is 0 Å². The summed E-state index contributed by atoms with van der Waals surface area (Å²) < 4.78 is 0. The predicted octanol–water partition coefficient (Wildman–Crippen LogP) is 2.59. The second kappa shape index (κ2) is 0.810. The fraction of sp³-hybridized carbons (Fsp3) is 1.00. The Morgan fingerprint density at radius 1 is 1.00 bits per heavy atom. The minimum absolute atomic E-state index is 0.903. The van der Waals surface area contributed by atoms with Crippen LogP contribution >= 0.6 is 0 Å². The van der Waals surface area contributed by atoms with E-state index in [2.05, 4.69) is 13.8 Å². The third-order valence-electron chi connectivity index (χ3n) is 4.85. The van der Waals surface area contributed by atoms with Crippen LogP contribution in [-0.2, 0) is 0 Å². The van der Waals surface area contributed by atoms with Gasteiger partial charge in [-0.3, -0.25) is 0 Å². The monoisotopic (exact) mass is 122 g/mol. The van der Waals surface area contributed by atoms with E-state index in [-0.39, 0.29) is 0 Å². The summed E-state index contributed by atoms with van der Waals surface area (Å²) in [5, 5.41) is 0. The Kier molecular flexibility index (Phi) is 0.428. The van der Waals surface area contributed by atoms with Crippen molar-refractivity contribution in [3.8, 4) is 0 Å². The zero-order valence-corrected chi connectivity index (χ0v) is 6.33. The van der Waals surface area contributed by atoms with Gasteiger partial charge in [0.05, 0.1) is 0 Å². The average Bonchev–Trinajstić information content (AvgIpc) is 2.51. The molecule has 0 N–H and O–H groups in total. The highest BCUT2D eigenvalue weighted by Crippen LogP contribution is 3.16. The van der Waals surface area contributed by atoms with Crippen molar-refractivity contribution < 1.29 is 0 Å². The Bertz CT molecular complexity index is 164. The summed E-state index contributed by atoms with van der Waals surface area (Å²) in [5.41, 5.74) is 2.85. The van der Waals surface area contributed by atoms with E-state index in [1.165, 1.54) is 12.8 Å². The van der Waals surface area contributed by atoms with E-state index in [1.54, 1.807) is 12.8 Å². The van der Waals surface area contributed by atoms with Crippen LogP contribution in [-0.4, -0.2) is 0 Å². The van der Waals surface area contributed by atoms with E-state index in [0.717, 1.165) is 16.2 Å². The Labute approximate surface area is 56.6 Å². The van der Waals surface area contributed by atoms with E-state index >= 15 is 0 Å². The van der Waals surface area contributed by atoms with Gasteiger partial charge in [0.15, 0.2) is 0 Å². The van der Waals surface area contributed by atoms with Crippen molar-refractivity contribution >= 4 is 0 Å². The van der Waals surface area contributed by atoms with Crippen LogP contribution in [0.25, 0.3) is 0 Å². The molecule has 0 aromatic heterocycles. The molecule has 0 aromatic carbocycles. The van der Waals surface area contributed by atoms with Crippen LogP contribution in [0.2, 0.25) is 0 Å². The van der Waals surface area contributed by atoms with Gasteiger partial charge in [-0.2, -0.15) is 0 Å². The van der Waals surface area contributed by atoms with Crippen LogP contribution in [0.5, 0.6) is 0 Å². The first-order valence-corrected chi connectivity index (χ1v) is 4.29. The zero-order chi connectivity index (χ0) is 6.33. The molecule has 0 unspecified atom stereocenters.